The minimum absolute atomic E-state index is 0.116. The van der Waals surface area contributed by atoms with E-state index in [1.807, 2.05) is 19.1 Å². The molecule has 0 saturated carbocycles. The zero-order valence-corrected chi connectivity index (χ0v) is 16.9. The predicted molar refractivity (Wildman–Crippen MR) is 107 cm³/mol. The van der Waals surface area contributed by atoms with Crippen LogP contribution in [0, 0.1) is 12.3 Å². The molecule has 0 aliphatic heterocycles. The first-order chi connectivity index (χ1) is 12.7. The van der Waals surface area contributed by atoms with Crippen LogP contribution >= 0.6 is 15.9 Å². The van der Waals surface area contributed by atoms with Gasteiger partial charge in [-0.1, -0.05) is 29.8 Å². The molecular formula is C19H21BrN4O3. The maximum Gasteiger partial charge on any atom is 0.332 e. The zero-order chi connectivity index (χ0) is 19.8. The standard InChI is InChI=1S/C19H21BrN4O3/c1-10-15-13(23-24-18(21)26)8-19(2,3)9-14(15)27-16(10)17(25)22-12-6-4-11(20)5-7-12/h4-7H,8-9H2,1-3H3,(H,22,25)(H3,21,24,26)/b23-13-. The van der Waals surface area contributed by atoms with Crippen molar-refractivity contribution in [2.45, 2.75) is 33.6 Å². The van der Waals surface area contributed by atoms with E-state index in [0.29, 0.717) is 35.6 Å². The van der Waals surface area contributed by atoms with Gasteiger partial charge in [-0.15, -0.1) is 0 Å². The molecule has 1 aliphatic rings. The van der Waals surface area contributed by atoms with Gasteiger partial charge >= 0.3 is 6.03 Å². The highest BCUT2D eigenvalue weighted by Crippen LogP contribution is 2.39. The number of anilines is 1. The van der Waals surface area contributed by atoms with E-state index in [1.54, 1.807) is 12.1 Å². The second-order valence-electron chi connectivity index (χ2n) is 7.37. The van der Waals surface area contributed by atoms with Crippen molar-refractivity contribution < 1.29 is 14.0 Å². The Balaban J connectivity index is 1.95. The van der Waals surface area contributed by atoms with Crippen LogP contribution in [-0.2, 0) is 6.42 Å². The summed E-state index contributed by atoms with van der Waals surface area (Å²) in [6.07, 6.45) is 1.30. The van der Waals surface area contributed by atoms with E-state index in [1.165, 1.54) is 0 Å². The molecule has 1 aromatic heterocycles. The van der Waals surface area contributed by atoms with Crippen LogP contribution in [0.5, 0.6) is 0 Å². The van der Waals surface area contributed by atoms with Crippen LogP contribution in [-0.4, -0.2) is 17.6 Å². The number of hydrazone groups is 1. The second kappa shape index (κ2) is 7.19. The van der Waals surface area contributed by atoms with Crippen molar-refractivity contribution in [1.82, 2.24) is 5.43 Å². The Kier molecular flexibility index (Phi) is 5.10. The molecule has 0 radical (unpaired) electrons. The Morgan fingerprint density at radius 2 is 1.89 bits per heavy atom. The third kappa shape index (κ3) is 4.21. The summed E-state index contributed by atoms with van der Waals surface area (Å²) >= 11 is 3.37. The smallest absolute Gasteiger partial charge is 0.332 e. The van der Waals surface area contributed by atoms with Gasteiger partial charge in [0.2, 0.25) is 0 Å². The molecule has 3 amide bonds. The third-order valence-corrected chi connectivity index (χ3v) is 4.93. The van der Waals surface area contributed by atoms with Crippen LogP contribution in [0.4, 0.5) is 10.5 Å². The highest BCUT2D eigenvalue weighted by Gasteiger charge is 2.36. The van der Waals surface area contributed by atoms with Gasteiger partial charge in [0.05, 0.1) is 5.71 Å². The fourth-order valence-electron chi connectivity index (χ4n) is 3.27. The molecule has 7 nitrogen and oxygen atoms in total. The fraction of sp³-hybridized carbons (Fsp3) is 0.316. The normalized spacial score (nSPS) is 16.7. The van der Waals surface area contributed by atoms with Crippen molar-refractivity contribution in [3.8, 4) is 0 Å². The number of rotatable bonds is 3. The average Bonchev–Trinajstić information content (AvgIpc) is 2.90. The van der Waals surface area contributed by atoms with Crippen LogP contribution in [0.15, 0.2) is 38.3 Å². The molecule has 0 atom stereocenters. The lowest BCUT2D eigenvalue weighted by Gasteiger charge is -2.29. The number of urea groups is 1. The summed E-state index contributed by atoms with van der Waals surface area (Å²) in [7, 11) is 0. The third-order valence-electron chi connectivity index (χ3n) is 4.40. The minimum atomic E-state index is -0.734. The molecule has 0 unspecified atom stereocenters. The number of fused-ring (bicyclic) bond motifs is 1. The molecule has 2 aromatic rings. The molecule has 0 fully saturated rings. The summed E-state index contributed by atoms with van der Waals surface area (Å²) in [6.45, 7) is 5.97. The monoisotopic (exact) mass is 432 g/mol. The van der Waals surface area contributed by atoms with Crippen molar-refractivity contribution in [3.05, 3.63) is 51.4 Å². The molecule has 4 N–H and O–H groups in total. The molecule has 0 spiro atoms. The van der Waals surface area contributed by atoms with Crippen molar-refractivity contribution in [2.75, 3.05) is 5.32 Å². The summed E-state index contributed by atoms with van der Waals surface area (Å²) in [5.74, 6) is 0.603. The van der Waals surface area contributed by atoms with E-state index in [2.05, 4.69) is 45.6 Å². The summed E-state index contributed by atoms with van der Waals surface area (Å²) in [4.78, 5) is 23.8. The number of furan rings is 1. The molecule has 1 aromatic carbocycles. The van der Waals surface area contributed by atoms with Gasteiger partial charge in [-0.05, 0) is 43.0 Å². The maximum atomic E-state index is 12.7. The maximum absolute atomic E-state index is 12.7. The Bertz CT molecular complexity index is 929. The van der Waals surface area contributed by atoms with E-state index >= 15 is 0 Å². The number of carbonyl (C=O) groups is 2. The van der Waals surface area contributed by atoms with Gasteiger partial charge < -0.3 is 15.5 Å². The number of hydrogen-bond acceptors (Lipinski definition) is 4. The lowest BCUT2D eigenvalue weighted by molar-refractivity contribution is 0.0993. The highest BCUT2D eigenvalue weighted by molar-refractivity contribution is 9.10. The summed E-state index contributed by atoms with van der Waals surface area (Å²) in [6, 6.07) is 6.55. The number of carbonyl (C=O) groups excluding carboxylic acids is 2. The largest absolute Gasteiger partial charge is 0.455 e. The van der Waals surface area contributed by atoms with Crippen LogP contribution in [0.25, 0.3) is 0 Å². The van der Waals surface area contributed by atoms with Crippen LogP contribution in [0.1, 0.15) is 47.7 Å². The number of hydrogen-bond donors (Lipinski definition) is 3. The summed E-state index contributed by atoms with van der Waals surface area (Å²) < 4.78 is 6.85. The first-order valence-corrected chi connectivity index (χ1v) is 9.27. The molecule has 142 valence electrons. The van der Waals surface area contributed by atoms with Gasteiger partial charge in [0, 0.05) is 27.7 Å². The lowest BCUT2D eigenvalue weighted by Crippen LogP contribution is -2.31. The second-order valence-corrected chi connectivity index (χ2v) is 8.28. The first kappa shape index (κ1) is 19.2. The van der Waals surface area contributed by atoms with Crippen molar-refractivity contribution in [1.29, 1.82) is 0 Å². The quantitative estimate of drug-likeness (QED) is 0.638. The van der Waals surface area contributed by atoms with Gasteiger partial charge in [-0.3, -0.25) is 4.79 Å². The Labute approximate surface area is 165 Å². The van der Waals surface area contributed by atoms with E-state index in [9.17, 15) is 9.59 Å². The topological polar surface area (TPSA) is 110 Å². The fourth-order valence-corrected chi connectivity index (χ4v) is 3.53. The lowest BCUT2D eigenvalue weighted by atomic mass is 9.75. The number of amides is 3. The Morgan fingerprint density at radius 1 is 1.22 bits per heavy atom. The number of primary amides is 1. The molecular weight excluding hydrogens is 412 g/mol. The highest BCUT2D eigenvalue weighted by atomic mass is 79.9. The minimum Gasteiger partial charge on any atom is -0.455 e. The molecule has 27 heavy (non-hydrogen) atoms. The molecule has 1 aliphatic carbocycles. The first-order valence-electron chi connectivity index (χ1n) is 8.48. The number of halogens is 1. The van der Waals surface area contributed by atoms with Crippen LogP contribution < -0.4 is 16.5 Å². The van der Waals surface area contributed by atoms with E-state index in [4.69, 9.17) is 10.2 Å². The van der Waals surface area contributed by atoms with Crippen LogP contribution in [0.3, 0.4) is 0 Å². The van der Waals surface area contributed by atoms with Crippen molar-refractivity contribution >= 4 is 39.3 Å². The number of nitrogens with two attached hydrogens (primary N) is 1. The molecule has 0 bridgehead atoms. The Morgan fingerprint density at radius 3 is 2.52 bits per heavy atom. The van der Waals surface area contributed by atoms with Gasteiger partial charge in [-0.25, -0.2) is 10.2 Å². The predicted octanol–water partition coefficient (Wildman–Crippen LogP) is 3.95. The SMILES string of the molecule is Cc1c(C(=O)Nc2ccc(Br)cc2)oc2c1/C(=N\NC(N)=O)CC(C)(C)C2. The number of nitrogens with one attached hydrogen (secondary N) is 2. The zero-order valence-electron chi connectivity index (χ0n) is 15.4. The molecule has 0 saturated heterocycles. The average molecular weight is 433 g/mol. The van der Waals surface area contributed by atoms with Gasteiger partial charge in [0.15, 0.2) is 5.76 Å². The van der Waals surface area contributed by atoms with Gasteiger partial charge in [0.1, 0.15) is 5.76 Å². The molecule has 1 heterocycles. The van der Waals surface area contributed by atoms with E-state index in [0.717, 1.165) is 10.0 Å². The summed E-state index contributed by atoms with van der Waals surface area (Å²) in [5.41, 5.74) is 10.1. The van der Waals surface area contributed by atoms with Gasteiger partial charge in [-0.2, -0.15) is 5.10 Å². The molecule has 3 rings (SSSR count). The van der Waals surface area contributed by atoms with E-state index in [-0.39, 0.29) is 17.1 Å². The van der Waals surface area contributed by atoms with Gasteiger partial charge in [0.25, 0.3) is 5.91 Å². The van der Waals surface area contributed by atoms with Crippen molar-refractivity contribution in [3.63, 3.8) is 0 Å². The van der Waals surface area contributed by atoms with Crippen molar-refractivity contribution in [2.24, 2.45) is 16.3 Å². The number of benzene rings is 1. The molecule has 8 heteroatoms. The Hall–Kier alpha value is -2.61. The van der Waals surface area contributed by atoms with E-state index < -0.39 is 6.03 Å². The number of nitrogens with zero attached hydrogens (tertiary/aromatic N) is 1. The van der Waals surface area contributed by atoms with Crippen LogP contribution in [0.2, 0.25) is 0 Å². The summed E-state index contributed by atoms with van der Waals surface area (Å²) in [5, 5.41) is 6.98.